The van der Waals surface area contributed by atoms with Crippen molar-refractivity contribution < 1.29 is 13.9 Å². The third kappa shape index (κ3) is 4.56. The van der Waals surface area contributed by atoms with E-state index in [0.717, 1.165) is 17.5 Å². The molecule has 1 aromatic heterocycles. The topological polar surface area (TPSA) is 59.8 Å². The second-order valence-electron chi connectivity index (χ2n) is 9.24. The number of fused-ring (bicyclic) bond motifs is 2. The van der Waals surface area contributed by atoms with Crippen molar-refractivity contribution in [2.24, 2.45) is 5.92 Å². The van der Waals surface area contributed by atoms with E-state index in [0.29, 0.717) is 46.4 Å². The van der Waals surface area contributed by atoms with E-state index < -0.39 is 6.04 Å². The van der Waals surface area contributed by atoms with Gasteiger partial charge in [-0.1, -0.05) is 61.8 Å². The largest absolute Gasteiger partial charge is 0.494 e. The van der Waals surface area contributed by atoms with Crippen LogP contribution in [0.25, 0.3) is 11.0 Å². The normalized spacial score (nSPS) is 15.1. The molecule has 35 heavy (non-hydrogen) atoms. The van der Waals surface area contributed by atoms with E-state index in [2.05, 4.69) is 13.8 Å². The fraction of sp³-hybridized carbons (Fsp3) is 0.241. The third-order valence-corrected chi connectivity index (χ3v) is 6.53. The van der Waals surface area contributed by atoms with Gasteiger partial charge in [-0.05, 0) is 59.9 Å². The predicted octanol–water partition coefficient (Wildman–Crippen LogP) is 6.62. The lowest BCUT2D eigenvalue weighted by Crippen LogP contribution is -2.29. The molecule has 0 fully saturated rings. The molecule has 0 saturated heterocycles. The number of benzene rings is 3. The summed E-state index contributed by atoms with van der Waals surface area (Å²) in [6, 6.07) is 21.4. The molecule has 5 nitrogen and oxygen atoms in total. The quantitative estimate of drug-likeness (QED) is 0.294. The summed E-state index contributed by atoms with van der Waals surface area (Å²) < 4.78 is 12.0. The van der Waals surface area contributed by atoms with Gasteiger partial charge in [0.15, 0.2) is 5.43 Å². The minimum Gasteiger partial charge on any atom is -0.494 e. The molecular formula is C29H26ClNO4. The van der Waals surface area contributed by atoms with Crippen molar-refractivity contribution in [3.63, 3.8) is 0 Å². The third-order valence-electron chi connectivity index (χ3n) is 6.28. The Labute approximate surface area is 208 Å². The molecule has 1 amide bonds. The molecule has 1 unspecified atom stereocenters. The summed E-state index contributed by atoms with van der Waals surface area (Å²) in [5, 5.41) is 1.08. The van der Waals surface area contributed by atoms with Crippen LogP contribution in [0.3, 0.4) is 0 Å². The molecule has 0 radical (unpaired) electrons. The first kappa shape index (κ1) is 23.2. The van der Waals surface area contributed by atoms with Gasteiger partial charge < -0.3 is 14.1 Å². The van der Waals surface area contributed by atoms with Gasteiger partial charge in [0, 0.05) is 11.6 Å². The highest BCUT2D eigenvalue weighted by molar-refractivity contribution is 6.30. The number of para-hydroxylation sites is 1. The van der Waals surface area contributed by atoms with Crippen molar-refractivity contribution in [1.82, 2.24) is 4.90 Å². The summed E-state index contributed by atoms with van der Waals surface area (Å²) >= 11 is 6.06. The van der Waals surface area contributed by atoms with Gasteiger partial charge in [0.25, 0.3) is 5.91 Å². The van der Waals surface area contributed by atoms with Crippen molar-refractivity contribution in [1.29, 1.82) is 0 Å². The van der Waals surface area contributed by atoms with E-state index in [1.807, 2.05) is 36.4 Å². The zero-order valence-electron chi connectivity index (χ0n) is 19.7. The summed E-state index contributed by atoms with van der Waals surface area (Å²) in [5.74, 6) is 1.03. The predicted molar refractivity (Wildman–Crippen MR) is 137 cm³/mol. The minimum atomic E-state index is -0.595. The van der Waals surface area contributed by atoms with Gasteiger partial charge in [-0.2, -0.15) is 0 Å². The Hall–Kier alpha value is -3.57. The van der Waals surface area contributed by atoms with Crippen LogP contribution in [0.4, 0.5) is 0 Å². The lowest BCUT2D eigenvalue weighted by Gasteiger charge is -2.25. The smallest absolute Gasteiger partial charge is 0.291 e. The molecule has 6 heteroatoms. The summed E-state index contributed by atoms with van der Waals surface area (Å²) in [6.07, 6.45) is 0.938. The maximum Gasteiger partial charge on any atom is 0.291 e. The summed E-state index contributed by atoms with van der Waals surface area (Å²) in [6.45, 7) is 5.21. The molecule has 5 rings (SSSR count). The van der Waals surface area contributed by atoms with Crippen molar-refractivity contribution in [3.8, 4) is 5.75 Å². The van der Waals surface area contributed by atoms with Crippen LogP contribution in [-0.4, -0.2) is 17.4 Å². The van der Waals surface area contributed by atoms with Crippen LogP contribution >= 0.6 is 11.6 Å². The van der Waals surface area contributed by atoms with Gasteiger partial charge >= 0.3 is 0 Å². The van der Waals surface area contributed by atoms with Crippen molar-refractivity contribution >= 4 is 28.5 Å². The molecule has 1 aliphatic heterocycles. The van der Waals surface area contributed by atoms with Crippen LogP contribution in [0.5, 0.6) is 5.75 Å². The second-order valence-corrected chi connectivity index (χ2v) is 9.67. The first-order valence-corrected chi connectivity index (χ1v) is 12.1. The molecule has 0 N–H and O–H groups in total. The van der Waals surface area contributed by atoms with Crippen LogP contribution < -0.4 is 10.2 Å². The minimum absolute atomic E-state index is 0.0961. The fourth-order valence-electron chi connectivity index (χ4n) is 4.45. The van der Waals surface area contributed by atoms with Crippen LogP contribution in [0.1, 0.15) is 53.6 Å². The molecule has 0 saturated carbocycles. The Morgan fingerprint density at radius 2 is 1.77 bits per heavy atom. The van der Waals surface area contributed by atoms with Gasteiger partial charge in [0.05, 0.1) is 23.6 Å². The monoisotopic (exact) mass is 487 g/mol. The number of hydrogen-bond donors (Lipinski definition) is 0. The number of carbonyl (C=O) groups excluding carboxylic acids is 1. The molecule has 0 aliphatic carbocycles. The number of carbonyl (C=O) groups is 1. The average molecular weight is 488 g/mol. The summed E-state index contributed by atoms with van der Waals surface area (Å²) in [4.78, 5) is 28.9. The second kappa shape index (κ2) is 9.59. The Morgan fingerprint density at radius 1 is 1.00 bits per heavy atom. The van der Waals surface area contributed by atoms with Crippen molar-refractivity contribution in [2.75, 3.05) is 6.61 Å². The fourth-order valence-corrected chi connectivity index (χ4v) is 4.58. The first-order valence-electron chi connectivity index (χ1n) is 11.8. The molecular weight excluding hydrogens is 462 g/mol. The van der Waals surface area contributed by atoms with E-state index in [1.54, 1.807) is 41.3 Å². The molecule has 1 atom stereocenters. The van der Waals surface area contributed by atoms with E-state index in [4.69, 9.17) is 20.8 Å². The lowest BCUT2D eigenvalue weighted by atomic mass is 9.98. The Morgan fingerprint density at radius 3 is 2.54 bits per heavy atom. The van der Waals surface area contributed by atoms with Crippen LogP contribution in [0, 0.1) is 5.92 Å². The highest BCUT2D eigenvalue weighted by Gasteiger charge is 2.42. The molecule has 2 heterocycles. The summed E-state index contributed by atoms with van der Waals surface area (Å²) in [5.41, 5.74) is 2.28. The van der Waals surface area contributed by atoms with Crippen LogP contribution in [0.2, 0.25) is 5.02 Å². The van der Waals surface area contributed by atoms with E-state index in [9.17, 15) is 9.59 Å². The van der Waals surface area contributed by atoms with Crippen molar-refractivity contribution in [3.05, 3.63) is 110 Å². The van der Waals surface area contributed by atoms with Gasteiger partial charge in [0.2, 0.25) is 5.76 Å². The van der Waals surface area contributed by atoms with Crippen molar-refractivity contribution in [2.45, 2.75) is 32.9 Å². The SMILES string of the molecule is CC(C)CCOc1cccc(C2c3c(oc4ccccc4c3=O)C(=O)N2Cc2ccc(Cl)cc2)c1. The molecule has 178 valence electrons. The molecule has 0 bridgehead atoms. The molecule has 3 aromatic carbocycles. The number of rotatable bonds is 7. The Kier molecular flexibility index (Phi) is 6.35. The zero-order chi connectivity index (χ0) is 24.5. The van der Waals surface area contributed by atoms with E-state index >= 15 is 0 Å². The van der Waals surface area contributed by atoms with Gasteiger partial charge in [-0.15, -0.1) is 0 Å². The molecule has 0 spiro atoms. The lowest BCUT2D eigenvalue weighted by molar-refractivity contribution is 0.0714. The highest BCUT2D eigenvalue weighted by Crippen LogP contribution is 2.40. The van der Waals surface area contributed by atoms with Crippen LogP contribution in [-0.2, 0) is 6.54 Å². The Balaban J connectivity index is 1.61. The van der Waals surface area contributed by atoms with E-state index in [-0.39, 0.29) is 17.1 Å². The first-order chi connectivity index (χ1) is 16.9. The number of nitrogens with zero attached hydrogens (tertiary/aromatic N) is 1. The van der Waals surface area contributed by atoms with E-state index in [1.165, 1.54) is 0 Å². The maximum absolute atomic E-state index is 13.6. The Bertz CT molecular complexity index is 1440. The molecule has 4 aromatic rings. The van der Waals surface area contributed by atoms with Gasteiger partial charge in [0.1, 0.15) is 11.3 Å². The maximum atomic E-state index is 13.6. The number of ether oxygens (including phenoxy) is 1. The average Bonchev–Trinajstić information content (AvgIpc) is 3.12. The summed E-state index contributed by atoms with van der Waals surface area (Å²) in [7, 11) is 0. The van der Waals surface area contributed by atoms with Gasteiger partial charge in [-0.25, -0.2) is 0 Å². The number of amides is 1. The number of halogens is 1. The van der Waals surface area contributed by atoms with Gasteiger partial charge in [-0.3, -0.25) is 9.59 Å². The zero-order valence-corrected chi connectivity index (χ0v) is 20.4. The standard InChI is InChI=1S/C29H26ClNO4/c1-18(2)14-15-34-22-7-5-6-20(16-22)26-25-27(32)23-8-3-4-9-24(23)35-28(25)29(33)31(26)17-19-10-12-21(30)13-11-19/h3-13,16,18,26H,14-15,17H2,1-2H3. The molecule has 1 aliphatic rings. The van der Waals surface area contributed by atoms with Crippen LogP contribution in [0.15, 0.2) is 82.0 Å². The highest BCUT2D eigenvalue weighted by atomic mass is 35.5. The number of hydrogen-bond acceptors (Lipinski definition) is 4.